The van der Waals surface area contributed by atoms with E-state index in [1.807, 2.05) is 97.9 Å². The van der Waals surface area contributed by atoms with Crippen molar-refractivity contribution in [3.63, 3.8) is 0 Å². The fourth-order valence-electron chi connectivity index (χ4n) is 5.21. The second-order valence-corrected chi connectivity index (χ2v) is 13.9. The van der Waals surface area contributed by atoms with Crippen LogP contribution in [-0.4, -0.2) is 71.3 Å². The second kappa shape index (κ2) is 15.5. The van der Waals surface area contributed by atoms with Gasteiger partial charge in [0.15, 0.2) is 0 Å². The van der Waals surface area contributed by atoms with Crippen LogP contribution < -0.4 is 0 Å². The zero-order valence-electron chi connectivity index (χ0n) is 29.5. The lowest BCUT2D eigenvalue weighted by molar-refractivity contribution is 0.0219. The maximum atomic E-state index is 12.7. The highest BCUT2D eigenvalue weighted by molar-refractivity contribution is 5.74. The molecule has 0 saturated heterocycles. The van der Waals surface area contributed by atoms with Crippen LogP contribution in [0.2, 0.25) is 0 Å². The van der Waals surface area contributed by atoms with Crippen LogP contribution in [0.1, 0.15) is 85.4 Å². The van der Waals surface area contributed by atoms with Gasteiger partial charge in [-0.2, -0.15) is 0 Å². The number of imidazole rings is 2. The number of aliphatic hydroxyl groups excluding tert-OH is 1. The van der Waals surface area contributed by atoms with E-state index in [9.17, 15) is 14.7 Å². The Morgan fingerprint density at radius 1 is 0.708 bits per heavy atom. The van der Waals surface area contributed by atoms with Gasteiger partial charge in [0.1, 0.15) is 22.9 Å². The standard InChI is InChI=1S/C37H50N6O5/c1-9-17-42(34(45)47-36(3,4)5)22-32-38-20-30(40-32)26-13-11-25(12-14-26)29-16-15-27(19-28(29)24-44)31-21-39-33(41-31)23-43(18-10-2)35(46)48-37(6,7)8/h11-16,19-21,44H,9-10,17-18,22-24H2,1-8H3,(H,38,40)(H,39,41). The molecule has 2 aromatic carbocycles. The molecule has 0 saturated carbocycles. The Bertz CT molecular complexity index is 1660. The lowest BCUT2D eigenvalue weighted by Gasteiger charge is -2.26. The fraction of sp³-hybridized carbons (Fsp3) is 0.459. The number of amides is 2. The van der Waals surface area contributed by atoms with E-state index in [1.54, 1.807) is 22.2 Å². The maximum absolute atomic E-state index is 12.7. The highest BCUT2D eigenvalue weighted by Crippen LogP contribution is 2.30. The lowest BCUT2D eigenvalue weighted by atomic mass is 9.96. The molecule has 2 amide bonds. The summed E-state index contributed by atoms with van der Waals surface area (Å²) in [4.78, 5) is 44.4. The number of hydrogen-bond acceptors (Lipinski definition) is 7. The van der Waals surface area contributed by atoms with Crippen molar-refractivity contribution in [2.75, 3.05) is 13.1 Å². The second-order valence-electron chi connectivity index (χ2n) is 13.9. The number of H-pyrrole nitrogens is 2. The summed E-state index contributed by atoms with van der Waals surface area (Å²) in [6.45, 7) is 16.8. The van der Waals surface area contributed by atoms with Crippen molar-refractivity contribution in [1.82, 2.24) is 29.7 Å². The normalized spacial score (nSPS) is 11.8. The molecule has 0 atom stereocenters. The number of nitrogens with one attached hydrogen (secondary N) is 2. The van der Waals surface area contributed by atoms with E-state index < -0.39 is 11.2 Å². The Labute approximate surface area is 283 Å². The first-order valence-electron chi connectivity index (χ1n) is 16.6. The van der Waals surface area contributed by atoms with E-state index in [-0.39, 0.29) is 18.8 Å². The van der Waals surface area contributed by atoms with Gasteiger partial charge in [0.25, 0.3) is 0 Å². The monoisotopic (exact) mass is 658 g/mol. The Kier molecular flexibility index (Phi) is 11.7. The van der Waals surface area contributed by atoms with Crippen molar-refractivity contribution in [2.45, 2.75) is 99.1 Å². The van der Waals surface area contributed by atoms with E-state index in [2.05, 4.69) is 19.9 Å². The number of nitrogens with zero attached hydrogens (tertiary/aromatic N) is 4. The molecule has 3 N–H and O–H groups in total. The predicted molar refractivity (Wildman–Crippen MR) is 187 cm³/mol. The van der Waals surface area contributed by atoms with E-state index in [1.165, 1.54) is 0 Å². The van der Waals surface area contributed by atoms with Crippen LogP contribution in [0.3, 0.4) is 0 Å². The lowest BCUT2D eigenvalue weighted by Crippen LogP contribution is -2.37. The first kappa shape index (κ1) is 36.2. The van der Waals surface area contributed by atoms with Crippen LogP contribution >= 0.6 is 0 Å². The molecule has 4 rings (SSSR count). The topological polar surface area (TPSA) is 137 Å². The molecule has 258 valence electrons. The van der Waals surface area contributed by atoms with Gasteiger partial charge in [-0.25, -0.2) is 19.6 Å². The van der Waals surface area contributed by atoms with Crippen molar-refractivity contribution in [1.29, 1.82) is 0 Å². The minimum absolute atomic E-state index is 0.134. The van der Waals surface area contributed by atoms with E-state index in [0.717, 1.165) is 52.0 Å². The van der Waals surface area contributed by atoms with Crippen LogP contribution in [0.4, 0.5) is 9.59 Å². The molecule has 0 fully saturated rings. The number of benzene rings is 2. The first-order valence-corrected chi connectivity index (χ1v) is 16.6. The van der Waals surface area contributed by atoms with Crippen LogP contribution in [0.25, 0.3) is 33.6 Å². The average Bonchev–Trinajstić information content (AvgIpc) is 3.69. The van der Waals surface area contributed by atoms with Crippen molar-refractivity contribution in [3.05, 3.63) is 72.1 Å². The molecular formula is C37H50N6O5. The molecular weight excluding hydrogens is 608 g/mol. The van der Waals surface area contributed by atoms with Gasteiger partial charge in [0.05, 0.1) is 43.5 Å². The van der Waals surface area contributed by atoms with Crippen LogP contribution in [-0.2, 0) is 29.2 Å². The number of aromatic nitrogens is 4. The van der Waals surface area contributed by atoms with Crippen LogP contribution in [0.15, 0.2) is 54.9 Å². The molecule has 0 spiro atoms. The number of aliphatic hydroxyl groups is 1. The molecule has 0 unspecified atom stereocenters. The number of hydrogen-bond donors (Lipinski definition) is 3. The van der Waals surface area contributed by atoms with Gasteiger partial charge in [0, 0.05) is 13.1 Å². The fourth-order valence-corrected chi connectivity index (χ4v) is 5.21. The van der Waals surface area contributed by atoms with E-state index in [0.29, 0.717) is 37.8 Å². The Morgan fingerprint density at radius 3 is 1.58 bits per heavy atom. The van der Waals surface area contributed by atoms with Crippen molar-refractivity contribution >= 4 is 12.2 Å². The quantitative estimate of drug-likeness (QED) is 0.141. The summed E-state index contributed by atoms with van der Waals surface area (Å²) < 4.78 is 11.1. The zero-order chi connectivity index (χ0) is 35.1. The number of aromatic amines is 2. The van der Waals surface area contributed by atoms with Gasteiger partial charge in [-0.3, -0.25) is 0 Å². The predicted octanol–water partition coefficient (Wildman–Crippen LogP) is 7.92. The van der Waals surface area contributed by atoms with Crippen LogP contribution in [0, 0.1) is 0 Å². The largest absolute Gasteiger partial charge is 0.444 e. The van der Waals surface area contributed by atoms with Crippen molar-refractivity contribution < 1.29 is 24.2 Å². The zero-order valence-corrected chi connectivity index (χ0v) is 29.5. The summed E-state index contributed by atoms with van der Waals surface area (Å²) in [6, 6.07) is 14.0. The smallest absolute Gasteiger partial charge is 0.410 e. The molecule has 2 aromatic heterocycles. The third-order valence-electron chi connectivity index (χ3n) is 7.32. The maximum Gasteiger partial charge on any atom is 0.410 e. The molecule has 48 heavy (non-hydrogen) atoms. The molecule has 11 nitrogen and oxygen atoms in total. The minimum Gasteiger partial charge on any atom is -0.444 e. The van der Waals surface area contributed by atoms with Gasteiger partial charge in [-0.15, -0.1) is 0 Å². The Morgan fingerprint density at radius 2 is 1.15 bits per heavy atom. The van der Waals surface area contributed by atoms with Crippen LogP contribution in [0.5, 0.6) is 0 Å². The third-order valence-corrected chi connectivity index (χ3v) is 7.32. The molecule has 4 aromatic rings. The van der Waals surface area contributed by atoms with E-state index >= 15 is 0 Å². The Balaban J connectivity index is 1.47. The highest BCUT2D eigenvalue weighted by atomic mass is 16.6. The minimum atomic E-state index is -0.580. The Hall–Kier alpha value is -4.64. The van der Waals surface area contributed by atoms with Gasteiger partial charge >= 0.3 is 12.2 Å². The van der Waals surface area contributed by atoms with Gasteiger partial charge < -0.3 is 34.3 Å². The molecule has 0 aliphatic rings. The number of carbonyl (C=O) groups excluding carboxylic acids is 2. The van der Waals surface area contributed by atoms with Gasteiger partial charge in [-0.05, 0) is 88.3 Å². The summed E-state index contributed by atoms with van der Waals surface area (Å²) in [7, 11) is 0. The molecule has 0 aliphatic heterocycles. The summed E-state index contributed by atoms with van der Waals surface area (Å²) >= 11 is 0. The average molecular weight is 659 g/mol. The molecule has 0 aliphatic carbocycles. The van der Waals surface area contributed by atoms with Crippen molar-refractivity contribution in [2.24, 2.45) is 0 Å². The molecule has 0 radical (unpaired) electrons. The third kappa shape index (κ3) is 9.93. The SMILES string of the molecule is CCCN(Cc1ncc(-c2ccc(-c3ccc(-c4cnc(CN(CCC)C(=O)OC(C)(C)C)[nH]4)cc3CO)cc2)[nH]1)C(=O)OC(C)(C)C. The summed E-state index contributed by atoms with van der Waals surface area (Å²) in [5.41, 5.74) is 4.98. The first-order chi connectivity index (χ1) is 22.7. The highest BCUT2D eigenvalue weighted by Gasteiger charge is 2.24. The number of carbonyl (C=O) groups is 2. The number of ether oxygens (including phenoxy) is 2. The van der Waals surface area contributed by atoms with Gasteiger partial charge in [0.2, 0.25) is 0 Å². The van der Waals surface area contributed by atoms with E-state index in [4.69, 9.17) is 9.47 Å². The van der Waals surface area contributed by atoms with Crippen molar-refractivity contribution in [3.8, 4) is 33.6 Å². The molecule has 11 heteroatoms. The summed E-state index contributed by atoms with van der Waals surface area (Å²) in [6.07, 6.45) is 4.39. The molecule has 0 bridgehead atoms. The summed E-state index contributed by atoms with van der Waals surface area (Å²) in [5, 5.41) is 10.3. The van der Waals surface area contributed by atoms with Gasteiger partial charge in [-0.1, -0.05) is 50.2 Å². The summed E-state index contributed by atoms with van der Waals surface area (Å²) in [5.74, 6) is 1.33. The molecule has 2 heterocycles. The number of rotatable bonds is 12.